The lowest BCUT2D eigenvalue weighted by Gasteiger charge is -2.24. The molecule has 0 aliphatic carbocycles. The molecule has 1 aliphatic rings. The highest BCUT2D eigenvalue weighted by atomic mass is 16.7. The van der Waals surface area contributed by atoms with E-state index in [1.165, 1.54) is 0 Å². The van der Waals surface area contributed by atoms with Crippen molar-refractivity contribution in [2.45, 2.75) is 58.3 Å². The summed E-state index contributed by atoms with van der Waals surface area (Å²) in [6, 6.07) is 9.31. The normalized spacial score (nSPS) is 18.3. The van der Waals surface area contributed by atoms with Gasteiger partial charge in [-0.15, -0.1) is 0 Å². The van der Waals surface area contributed by atoms with Crippen molar-refractivity contribution in [3.8, 4) is 17.2 Å². The van der Waals surface area contributed by atoms with E-state index < -0.39 is 17.3 Å². The van der Waals surface area contributed by atoms with Crippen molar-refractivity contribution in [2.75, 3.05) is 20.5 Å². The highest BCUT2D eigenvalue weighted by Crippen LogP contribution is 2.42. The number of benzene rings is 1. The summed E-state index contributed by atoms with van der Waals surface area (Å²) in [4.78, 5) is 16.4. The monoisotopic (exact) mass is 444 g/mol. The smallest absolute Gasteiger partial charge is 0.407 e. The Morgan fingerprint density at radius 1 is 1.22 bits per heavy atom. The minimum atomic E-state index is -0.577. The Labute approximate surface area is 189 Å². The maximum atomic E-state index is 11.8. The van der Waals surface area contributed by atoms with Crippen molar-refractivity contribution in [2.24, 2.45) is 0 Å². The van der Waals surface area contributed by atoms with Crippen LogP contribution in [0.25, 0.3) is 0 Å². The second-order valence-corrected chi connectivity index (χ2v) is 9.07. The first-order chi connectivity index (χ1) is 15.1. The number of amides is 1. The number of nitrogens with one attached hydrogen (secondary N) is 1. The van der Waals surface area contributed by atoms with Gasteiger partial charge in [0.25, 0.3) is 0 Å². The topological polar surface area (TPSA) is 88.1 Å². The first-order valence-electron chi connectivity index (χ1n) is 10.6. The number of nitrogens with zero attached hydrogens (tertiary/aromatic N) is 1. The molecule has 1 aromatic heterocycles. The number of carbonyl (C=O) groups excluding carboxylic acids is 1. The third-order valence-corrected chi connectivity index (χ3v) is 4.79. The zero-order valence-electron chi connectivity index (χ0n) is 19.6. The van der Waals surface area contributed by atoms with Crippen LogP contribution in [0.1, 0.15) is 45.9 Å². The van der Waals surface area contributed by atoms with Crippen molar-refractivity contribution in [1.29, 1.82) is 0 Å². The van der Waals surface area contributed by atoms with Crippen LogP contribution in [-0.4, -0.2) is 43.2 Å². The maximum Gasteiger partial charge on any atom is 0.407 e. The number of ether oxygens (including phenoxy) is 5. The Morgan fingerprint density at radius 2 is 1.97 bits per heavy atom. The Hall–Kier alpha value is -3.00. The molecule has 0 fully saturated rings. The summed E-state index contributed by atoms with van der Waals surface area (Å²) in [5, 5.41) is 2.75. The lowest BCUT2D eigenvalue weighted by Crippen LogP contribution is -2.40. The average Bonchev–Trinajstić information content (AvgIpc) is 3.06. The van der Waals surface area contributed by atoms with Crippen LogP contribution in [0.2, 0.25) is 0 Å². The molecule has 1 unspecified atom stereocenters. The highest BCUT2D eigenvalue weighted by molar-refractivity contribution is 5.68. The summed E-state index contributed by atoms with van der Waals surface area (Å²) in [6.45, 7) is 9.81. The van der Waals surface area contributed by atoms with Crippen LogP contribution in [0.5, 0.6) is 17.2 Å². The van der Waals surface area contributed by atoms with Crippen LogP contribution in [0, 0.1) is 0 Å². The number of carbonyl (C=O) groups is 1. The third-order valence-electron chi connectivity index (χ3n) is 4.79. The van der Waals surface area contributed by atoms with Gasteiger partial charge in [-0.25, -0.2) is 4.79 Å². The minimum absolute atomic E-state index is 0.185. The van der Waals surface area contributed by atoms with Gasteiger partial charge in [-0.1, -0.05) is 6.07 Å². The van der Waals surface area contributed by atoms with Crippen molar-refractivity contribution >= 4 is 6.09 Å². The van der Waals surface area contributed by atoms with Gasteiger partial charge in [0.05, 0.1) is 17.9 Å². The van der Waals surface area contributed by atoms with Crippen LogP contribution in [-0.2, 0) is 21.5 Å². The van der Waals surface area contributed by atoms with E-state index in [4.69, 9.17) is 23.7 Å². The molecule has 174 valence electrons. The second-order valence-electron chi connectivity index (χ2n) is 9.07. The number of methoxy groups -OCH3 is 1. The number of fused-ring (bicyclic) bond motifs is 1. The standard InChI is InChI=1S/C24H32N2O6/c1-16(26-22(27)32-23(2,3)4)14-29-19-9-10-21(25-13-19)24(5)12-17-7-8-18(30-15-28-6)11-20(17)31-24/h7-11,13,16H,12,14-15H2,1-6H3,(H,26,27)/t16-,24?/m0/s1. The first kappa shape index (κ1) is 23.7. The fourth-order valence-corrected chi connectivity index (χ4v) is 3.33. The molecule has 0 radical (unpaired) electrons. The molecule has 1 aliphatic heterocycles. The Balaban J connectivity index is 1.55. The number of rotatable bonds is 8. The second kappa shape index (κ2) is 9.65. The molecule has 0 bridgehead atoms. The van der Waals surface area contributed by atoms with Crippen molar-refractivity contribution in [3.63, 3.8) is 0 Å². The zero-order valence-corrected chi connectivity index (χ0v) is 19.6. The largest absolute Gasteiger partial charge is 0.490 e. The van der Waals surface area contributed by atoms with Gasteiger partial charge in [0.2, 0.25) is 0 Å². The number of alkyl carbamates (subject to hydrolysis) is 1. The summed E-state index contributed by atoms with van der Waals surface area (Å²) in [5.41, 5.74) is 0.787. The van der Waals surface area contributed by atoms with Gasteiger partial charge in [0.1, 0.15) is 29.5 Å². The van der Waals surface area contributed by atoms with Gasteiger partial charge in [-0.05, 0) is 58.4 Å². The molecule has 3 rings (SSSR count). The molecule has 1 N–H and O–H groups in total. The molecule has 1 amide bonds. The molecule has 2 aromatic rings. The maximum absolute atomic E-state index is 11.8. The van der Waals surface area contributed by atoms with Crippen LogP contribution in [0.15, 0.2) is 36.5 Å². The summed E-state index contributed by atoms with van der Waals surface area (Å²) >= 11 is 0. The summed E-state index contributed by atoms with van der Waals surface area (Å²) < 4.78 is 27.7. The number of aromatic nitrogens is 1. The summed E-state index contributed by atoms with van der Waals surface area (Å²) in [6.07, 6.45) is 1.90. The van der Waals surface area contributed by atoms with Gasteiger partial charge in [0, 0.05) is 19.6 Å². The van der Waals surface area contributed by atoms with E-state index in [-0.39, 0.29) is 12.8 Å². The van der Waals surface area contributed by atoms with Gasteiger partial charge >= 0.3 is 6.09 Å². The minimum Gasteiger partial charge on any atom is -0.490 e. The first-order valence-corrected chi connectivity index (χ1v) is 10.6. The molecule has 0 spiro atoms. The van der Waals surface area contributed by atoms with Crippen molar-refractivity contribution < 1.29 is 28.5 Å². The van der Waals surface area contributed by atoms with E-state index in [1.807, 2.05) is 65.0 Å². The molecule has 2 atom stereocenters. The molecule has 8 nitrogen and oxygen atoms in total. The van der Waals surface area contributed by atoms with E-state index in [9.17, 15) is 4.79 Å². The van der Waals surface area contributed by atoms with Gasteiger partial charge < -0.3 is 29.0 Å². The van der Waals surface area contributed by atoms with E-state index in [2.05, 4.69) is 10.3 Å². The lowest BCUT2D eigenvalue weighted by atomic mass is 9.95. The van der Waals surface area contributed by atoms with Crippen LogP contribution in [0.4, 0.5) is 4.79 Å². The van der Waals surface area contributed by atoms with Crippen LogP contribution >= 0.6 is 0 Å². The van der Waals surface area contributed by atoms with Gasteiger partial charge in [-0.3, -0.25) is 4.98 Å². The van der Waals surface area contributed by atoms with E-state index >= 15 is 0 Å². The SMILES string of the molecule is COCOc1ccc2c(c1)OC(C)(c1ccc(OC[C@H](C)NC(=O)OC(C)(C)C)cn1)C2. The summed E-state index contributed by atoms with van der Waals surface area (Å²) in [7, 11) is 1.58. The quantitative estimate of drug-likeness (QED) is 0.610. The summed E-state index contributed by atoms with van der Waals surface area (Å²) in [5.74, 6) is 2.09. The average molecular weight is 445 g/mol. The van der Waals surface area contributed by atoms with Crippen molar-refractivity contribution in [1.82, 2.24) is 10.3 Å². The Bertz CT molecular complexity index is 925. The van der Waals surface area contributed by atoms with Crippen LogP contribution < -0.4 is 19.5 Å². The third kappa shape index (κ3) is 6.26. The van der Waals surface area contributed by atoms with Crippen LogP contribution in [0.3, 0.4) is 0 Å². The predicted octanol–water partition coefficient (Wildman–Crippen LogP) is 4.21. The van der Waals surface area contributed by atoms with E-state index in [0.717, 1.165) is 17.0 Å². The predicted molar refractivity (Wildman–Crippen MR) is 119 cm³/mol. The van der Waals surface area contributed by atoms with Gasteiger partial charge in [-0.2, -0.15) is 0 Å². The van der Waals surface area contributed by atoms with Crippen molar-refractivity contribution in [3.05, 3.63) is 47.8 Å². The Morgan fingerprint density at radius 3 is 2.62 bits per heavy atom. The fourth-order valence-electron chi connectivity index (χ4n) is 3.33. The van der Waals surface area contributed by atoms with E-state index in [1.54, 1.807) is 13.3 Å². The molecular weight excluding hydrogens is 412 g/mol. The molecule has 0 saturated carbocycles. The molecule has 0 saturated heterocycles. The molecule has 8 heteroatoms. The Kier molecular flexibility index (Phi) is 7.13. The lowest BCUT2D eigenvalue weighted by molar-refractivity contribution is 0.0491. The number of pyridine rings is 1. The van der Waals surface area contributed by atoms with Gasteiger partial charge in [0.15, 0.2) is 12.4 Å². The molecular formula is C24H32N2O6. The molecule has 2 heterocycles. The van der Waals surface area contributed by atoms with E-state index in [0.29, 0.717) is 24.5 Å². The fraction of sp³-hybridized carbons (Fsp3) is 0.500. The molecule has 1 aromatic carbocycles. The zero-order chi connectivity index (χ0) is 23.4. The highest BCUT2D eigenvalue weighted by Gasteiger charge is 2.38. The number of hydrogen-bond acceptors (Lipinski definition) is 7. The number of hydrogen-bond donors (Lipinski definition) is 1. The molecule has 32 heavy (non-hydrogen) atoms.